The molecule has 0 saturated heterocycles. The summed E-state index contributed by atoms with van der Waals surface area (Å²) in [6, 6.07) is 7.70. The molecule has 2 atom stereocenters. The number of benzene rings is 1. The average Bonchev–Trinajstić information content (AvgIpc) is 3.14. The lowest BCUT2D eigenvalue weighted by atomic mass is 10.1. The monoisotopic (exact) mass is 260 g/mol. The van der Waals surface area contributed by atoms with E-state index in [-0.39, 0.29) is 24.3 Å². The maximum Gasteiger partial charge on any atom is 0.243 e. The van der Waals surface area contributed by atoms with Gasteiger partial charge in [0.15, 0.2) is 0 Å². The van der Waals surface area contributed by atoms with Crippen LogP contribution < -0.4 is 10.6 Å². The smallest absolute Gasteiger partial charge is 0.243 e. The van der Waals surface area contributed by atoms with Crippen molar-refractivity contribution < 1.29 is 9.59 Å². The average molecular weight is 260 g/mol. The third-order valence-electron chi connectivity index (χ3n) is 3.54. The van der Waals surface area contributed by atoms with Gasteiger partial charge >= 0.3 is 0 Å². The summed E-state index contributed by atoms with van der Waals surface area (Å²) >= 11 is 0. The molecular formula is C15H20N2O2. The molecule has 0 radical (unpaired) electrons. The maximum atomic E-state index is 11.8. The summed E-state index contributed by atoms with van der Waals surface area (Å²) in [6.07, 6.45) is 1.80. The topological polar surface area (TPSA) is 58.2 Å². The highest BCUT2D eigenvalue weighted by atomic mass is 16.2. The lowest BCUT2D eigenvalue weighted by molar-refractivity contribution is -0.125. The van der Waals surface area contributed by atoms with Crippen molar-refractivity contribution in [1.82, 2.24) is 5.32 Å². The van der Waals surface area contributed by atoms with E-state index in [0.717, 1.165) is 24.1 Å². The Morgan fingerprint density at radius 1 is 1.32 bits per heavy atom. The maximum absolute atomic E-state index is 11.8. The fourth-order valence-electron chi connectivity index (χ4n) is 2.13. The molecule has 2 unspecified atom stereocenters. The second-order valence-corrected chi connectivity index (χ2v) is 5.10. The number of hydrogen-bond donors (Lipinski definition) is 2. The van der Waals surface area contributed by atoms with Crippen LogP contribution in [0.15, 0.2) is 24.3 Å². The minimum Gasteiger partial charge on any atom is -0.347 e. The first-order chi connectivity index (χ1) is 9.11. The van der Waals surface area contributed by atoms with Crippen LogP contribution in [0, 0.1) is 11.8 Å². The molecular weight excluding hydrogens is 240 g/mol. The highest BCUT2D eigenvalue weighted by Crippen LogP contribution is 2.37. The molecule has 2 rings (SSSR count). The molecule has 2 N–H and O–H groups in total. The molecule has 0 aliphatic heterocycles. The van der Waals surface area contributed by atoms with Crippen LogP contribution in [0.1, 0.15) is 25.8 Å². The van der Waals surface area contributed by atoms with E-state index in [4.69, 9.17) is 0 Å². The second-order valence-electron chi connectivity index (χ2n) is 5.10. The first-order valence-electron chi connectivity index (χ1n) is 6.77. The number of amides is 2. The Hall–Kier alpha value is -1.84. The molecule has 0 spiro atoms. The number of carbonyl (C=O) groups excluding carboxylic acids is 2. The van der Waals surface area contributed by atoms with Crippen LogP contribution in [0.4, 0.5) is 5.69 Å². The summed E-state index contributed by atoms with van der Waals surface area (Å²) in [6.45, 7) is 4.13. The zero-order chi connectivity index (χ0) is 13.8. The van der Waals surface area contributed by atoms with Gasteiger partial charge in [-0.05, 0) is 30.4 Å². The highest BCUT2D eigenvalue weighted by Gasteiger charge is 2.38. The van der Waals surface area contributed by atoms with Gasteiger partial charge in [-0.15, -0.1) is 0 Å². The van der Waals surface area contributed by atoms with Crippen LogP contribution in [0.2, 0.25) is 0 Å². The molecule has 1 saturated carbocycles. The van der Waals surface area contributed by atoms with Crippen molar-refractivity contribution in [3.8, 4) is 0 Å². The molecule has 19 heavy (non-hydrogen) atoms. The van der Waals surface area contributed by atoms with Crippen molar-refractivity contribution in [3.63, 3.8) is 0 Å². The van der Waals surface area contributed by atoms with Crippen LogP contribution in [0.5, 0.6) is 0 Å². The summed E-state index contributed by atoms with van der Waals surface area (Å²) in [5, 5.41) is 5.52. The molecule has 1 aromatic carbocycles. The summed E-state index contributed by atoms with van der Waals surface area (Å²) in [7, 11) is 0. The lowest BCUT2D eigenvalue weighted by Gasteiger charge is -2.10. The summed E-state index contributed by atoms with van der Waals surface area (Å²) in [5.74, 6) is 0.383. The van der Waals surface area contributed by atoms with Gasteiger partial charge in [0, 0.05) is 11.6 Å². The van der Waals surface area contributed by atoms with Crippen LogP contribution in [0.3, 0.4) is 0 Å². The molecule has 0 aromatic heterocycles. The van der Waals surface area contributed by atoms with Crippen molar-refractivity contribution in [2.75, 3.05) is 11.9 Å². The molecule has 1 aliphatic carbocycles. The normalized spacial score (nSPS) is 20.7. The predicted octanol–water partition coefficient (Wildman–Crippen LogP) is 1.96. The number of rotatable bonds is 5. The molecule has 102 valence electrons. The van der Waals surface area contributed by atoms with Crippen LogP contribution in [-0.4, -0.2) is 18.4 Å². The van der Waals surface area contributed by atoms with Gasteiger partial charge in [-0.3, -0.25) is 9.59 Å². The Morgan fingerprint density at radius 2 is 2.00 bits per heavy atom. The van der Waals surface area contributed by atoms with E-state index in [9.17, 15) is 9.59 Å². The van der Waals surface area contributed by atoms with Crippen LogP contribution in [-0.2, 0) is 16.0 Å². The predicted molar refractivity (Wildman–Crippen MR) is 74.7 cm³/mol. The minimum absolute atomic E-state index is 0.00794. The summed E-state index contributed by atoms with van der Waals surface area (Å²) < 4.78 is 0. The van der Waals surface area contributed by atoms with Gasteiger partial charge in [-0.1, -0.05) is 32.0 Å². The van der Waals surface area contributed by atoms with Crippen LogP contribution >= 0.6 is 0 Å². The molecule has 2 amide bonds. The second kappa shape index (κ2) is 5.87. The Kier molecular flexibility index (Phi) is 4.20. The quantitative estimate of drug-likeness (QED) is 0.850. The van der Waals surface area contributed by atoms with Gasteiger partial charge in [-0.2, -0.15) is 0 Å². The van der Waals surface area contributed by atoms with Gasteiger partial charge in [-0.25, -0.2) is 0 Å². The van der Waals surface area contributed by atoms with Gasteiger partial charge in [0.05, 0.1) is 6.54 Å². The van der Waals surface area contributed by atoms with Crippen molar-refractivity contribution >= 4 is 17.5 Å². The number of aryl methyl sites for hydroxylation is 1. The third kappa shape index (κ3) is 3.56. The molecule has 1 aromatic rings. The molecule has 0 bridgehead atoms. The molecule has 0 heterocycles. The fraction of sp³-hybridized carbons (Fsp3) is 0.467. The molecule has 1 fully saturated rings. The zero-order valence-corrected chi connectivity index (χ0v) is 11.4. The van der Waals surface area contributed by atoms with E-state index in [1.807, 2.05) is 38.1 Å². The van der Waals surface area contributed by atoms with E-state index < -0.39 is 0 Å². The number of carbonyl (C=O) groups is 2. The number of para-hydroxylation sites is 1. The highest BCUT2D eigenvalue weighted by molar-refractivity contribution is 5.95. The first kappa shape index (κ1) is 13.6. The van der Waals surface area contributed by atoms with Gasteiger partial charge in [0.2, 0.25) is 11.8 Å². The van der Waals surface area contributed by atoms with Gasteiger partial charge < -0.3 is 10.6 Å². The number of anilines is 1. The standard InChI is InChI=1S/C15H20N2O2/c1-3-11-6-4-5-7-13(11)17-14(18)9-16-15(19)12-8-10(12)2/h4-7,10,12H,3,8-9H2,1-2H3,(H,16,19)(H,17,18). The molecule has 4 heteroatoms. The summed E-state index contributed by atoms with van der Waals surface area (Å²) in [4.78, 5) is 23.4. The first-order valence-corrected chi connectivity index (χ1v) is 6.77. The Labute approximate surface area is 113 Å². The SMILES string of the molecule is CCc1ccccc1NC(=O)CNC(=O)C1CC1C. The van der Waals surface area contributed by atoms with Crippen LogP contribution in [0.25, 0.3) is 0 Å². The van der Waals surface area contributed by atoms with Gasteiger partial charge in [0.1, 0.15) is 0 Å². The van der Waals surface area contributed by atoms with Crippen molar-refractivity contribution in [2.24, 2.45) is 11.8 Å². The van der Waals surface area contributed by atoms with E-state index in [0.29, 0.717) is 5.92 Å². The Balaban J connectivity index is 1.82. The Bertz CT molecular complexity index is 485. The summed E-state index contributed by atoms with van der Waals surface area (Å²) in [5.41, 5.74) is 1.92. The van der Waals surface area contributed by atoms with E-state index >= 15 is 0 Å². The largest absolute Gasteiger partial charge is 0.347 e. The van der Waals surface area contributed by atoms with E-state index in [1.165, 1.54) is 0 Å². The third-order valence-corrected chi connectivity index (χ3v) is 3.54. The molecule has 4 nitrogen and oxygen atoms in total. The van der Waals surface area contributed by atoms with Crippen molar-refractivity contribution in [1.29, 1.82) is 0 Å². The number of hydrogen-bond acceptors (Lipinski definition) is 2. The van der Waals surface area contributed by atoms with Gasteiger partial charge in [0.25, 0.3) is 0 Å². The zero-order valence-electron chi connectivity index (χ0n) is 11.4. The molecule has 1 aliphatic rings. The van der Waals surface area contributed by atoms with Crippen molar-refractivity contribution in [2.45, 2.75) is 26.7 Å². The Morgan fingerprint density at radius 3 is 2.63 bits per heavy atom. The minimum atomic E-state index is -0.178. The van der Waals surface area contributed by atoms with E-state index in [1.54, 1.807) is 0 Å². The fourth-order valence-corrected chi connectivity index (χ4v) is 2.13. The lowest BCUT2D eigenvalue weighted by Crippen LogP contribution is -2.34. The number of nitrogens with one attached hydrogen (secondary N) is 2. The van der Waals surface area contributed by atoms with E-state index in [2.05, 4.69) is 10.6 Å². The van der Waals surface area contributed by atoms with Crippen molar-refractivity contribution in [3.05, 3.63) is 29.8 Å².